The molecule has 3 heteroatoms. The summed E-state index contributed by atoms with van der Waals surface area (Å²) in [6, 6.07) is 4.35. The lowest BCUT2D eigenvalue weighted by atomic mass is 10.1. The number of pyridine rings is 1. The SMILES string of the molecule is CCCc1cc(CNCC)cc(NC(C)(C)C)n1. The van der Waals surface area contributed by atoms with Crippen molar-refractivity contribution in [1.29, 1.82) is 0 Å². The molecule has 0 aliphatic rings. The van der Waals surface area contributed by atoms with Gasteiger partial charge in [0.15, 0.2) is 0 Å². The highest BCUT2D eigenvalue weighted by Gasteiger charge is 2.11. The van der Waals surface area contributed by atoms with Gasteiger partial charge in [0.05, 0.1) is 0 Å². The van der Waals surface area contributed by atoms with Gasteiger partial charge in [-0.3, -0.25) is 0 Å². The second-order valence-corrected chi connectivity index (χ2v) is 5.76. The van der Waals surface area contributed by atoms with Crippen molar-refractivity contribution in [3.05, 3.63) is 23.4 Å². The number of hydrogen-bond donors (Lipinski definition) is 2. The van der Waals surface area contributed by atoms with Crippen LogP contribution >= 0.6 is 0 Å². The summed E-state index contributed by atoms with van der Waals surface area (Å²) in [6.07, 6.45) is 2.17. The zero-order valence-electron chi connectivity index (χ0n) is 12.4. The number of aromatic nitrogens is 1. The molecule has 3 nitrogen and oxygen atoms in total. The third kappa shape index (κ3) is 5.50. The first-order valence-electron chi connectivity index (χ1n) is 6.93. The second kappa shape index (κ2) is 6.74. The van der Waals surface area contributed by atoms with E-state index in [0.29, 0.717) is 0 Å². The largest absolute Gasteiger partial charge is 0.365 e. The fourth-order valence-electron chi connectivity index (χ4n) is 1.85. The standard InChI is InChI=1S/C15H27N3/c1-6-8-13-9-12(11-16-7-2)10-14(17-13)18-15(3,4)5/h9-10,16H,6-8,11H2,1-5H3,(H,17,18). The van der Waals surface area contributed by atoms with E-state index in [1.54, 1.807) is 0 Å². The molecule has 0 aliphatic heterocycles. The molecule has 0 aromatic carbocycles. The molecule has 1 aromatic heterocycles. The predicted octanol–water partition coefficient (Wildman–Crippen LogP) is 3.35. The number of rotatable bonds is 6. The Labute approximate surface area is 111 Å². The maximum absolute atomic E-state index is 4.68. The van der Waals surface area contributed by atoms with E-state index in [-0.39, 0.29) is 5.54 Å². The van der Waals surface area contributed by atoms with E-state index in [4.69, 9.17) is 0 Å². The van der Waals surface area contributed by atoms with E-state index in [1.165, 1.54) is 11.3 Å². The summed E-state index contributed by atoms with van der Waals surface area (Å²) in [4.78, 5) is 4.68. The Hall–Kier alpha value is -1.09. The summed E-state index contributed by atoms with van der Waals surface area (Å²) >= 11 is 0. The van der Waals surface area contributed by atoms with Gasteiger partial charge < -0.3 is 10.6 Å². The average Bonchev–Trinajstić information content (AvgIpc) is 2.24. The number of nitrogens with zero attached hydrogens (tertiary/aromatic N) is 1. The predicted molar refractivity (Wildman–Crippen MR) is 79.0 cm³/mol. The fourth-order valence-corrected chi connectivity index (χ4v) is 1.85. The molecule has 1 rings (SSSR count). The minimum Gasteiger partial charge on any atom is -0.365 e. The lowest BCUT2D eigenvalue weighted by Crippen LogP contribution is -2.27. The highest BCUT2D eigenvalue weighted by molar-refractivity contribution is 5.41. The first kappa shape index (κ1) is 15.0. The fraction of sp³-hybridized carbons (Fsp3) is 0.667. The monoisotopic (exact) mass is 249 g/mol. The molecule has 0 radical (unpaired) electrons. The molecule has 0 spiro atoms. The Morgan fingerprint density at radius 2 is 1.89 bits per heavy atom. The molecule has 1 aromatic rings. The van der Waals surface area contributed by atoms with Crippen molar-refractivity contribution in [2.24, 2.45) is 0 Å². The average molecular weight is 249 g/mol. The van der Waals surface area contributed by atoms with Crippen LogP contribution in [-0.4, -0.2) is 17.1 Å². The van der Waals surface area contributed by atoms with Gasteiger partial charge in [0.25, 0.3) is 0 Å². The molecule has 0 atom stereocenters. The topological polar surface area (TPSA) is 37.0 Å². The Bertz CT molecular complexity index is 366. The van der Waals surface area contributed by atoms with Gasteiger partial charge in [0.2, 0.25) is 0 Å². The molecular formula is C15H27N3. The minimum atomic E-state index is 0.0489. The first-order chi connectivity index (χ1) is 8.44. The normalized spacial score (nSPS) is 11.6. The van der Waals surface area contributed by atoms with Crippen LogP contribution in [0.15, 0.2) is 12.1 Å². The summed E-state index contributed by atoms with van der Waals surface area (Å²) in [5.74, 6) is 0.987. The molecule has 0 saturated heterocycles. The first-order valence-corrected chi connectivity index (χ1v) is 6.93. The summed E-state index contributed by atoms with van der Waals surface area (Å²) in [5, 5.41) is 6.83. The molecule has 1 heterocycles. The van der Waals surface area contributed by atoms with Crippen molar-refractivity contribution in [1.82, 2.24) is 10.3 Å². The van der Waals surface area contributed by atoms with Crippen molar-refractivity contribution < 1.29 is 0 Å². The molecule has 0 unspecified atom stereocenters. The quantitative estimate of drug-likeness (QED) is 0.812. The maximum atomic E-state index is 4.68. The van der Waals surface area contributed by atoms with E-state index in [1.807, 2.05) is 0 Å². The smallest absolute Gasteiger partial charge is 0.126 e. The minimum absolute atomic E-state index is 0.0489. The third-order valence-electron chi connectivity index (χ3n) is 2.53. The highest BCUT2D eigenvalue weighted by atomic mass is 15.0. The number of anilines is 1. The van der Waals surface area contributed by atoms with E-state index in [0.717, 1.165) is 31.7 Å². The molecule has 0 bridgehead atoms. The highest BCUT2D eigenvalue weighted by Crippen LogP contribution is 2.16. The van der Waals surface area contributed by atoms with Crippen LogP contribution in [0.4, 0.5) is 5.82 Å². The van der Waals surface area contributed by atoms with Gasteiger partial charge in [0, 0.05) is 17.8 Å². The van der Waals surface area contributed by atoms with Crippen molar-refractivity contribution in [3.63, 3.8) is 0 Å². The molecule has 18 heavy (non-hydrogen) atoms. The lowest BCUT2D eigenvalue weighted by molar-refractivity contribution is 0.628. The van der Waals surface area contributed by atoms with Gasteiger partial charge in [-0.2, -0.15) is 0 Å². The molecule has 0 fully saturated rings. The summed E-state index contributed by atoms with van der Waals surface area (Å²) in [7, 11) is 0. The lowest BCUT2D eigenvalue weighted by Gasteiger charge is -2.22. The molecular weight excluding hydrogens is 222 g/mol. The zero-order chi connectivity index (χ0) is 13.6. The van der Waals surface area contributed by atoms with Crippen molar-refractivity contribution in [2.45, 2.75) is 59.5 Å². The Morgan fingerprint density at radius 1 is 1.17 bits per heavy atom. The van der Waals surface area contributed by atoms with Gasteiger partial charge in [0.1, 0.15) is 5.82 Å². The van der Waals surface area contributed by atoms with Crippen molar-refractivity contribution in [3.8, 4) is 0 Å². The van der Waals surface area contributed by atoms with Gasteiger partial charge in [-0.1, -0.05) is 20.3 Å². The molecule has 102 valence electrons. The van der Waals surface area contributed by atoms with Crippen LogP contribution in [0.2, 0.25) is 0 Å². The summed E-state index contributed by atoms with van der Waals surface area (Å²) in [6.45, 7) is 12.7. The van der Waals surface area contributed by atoms with E-state index >= 15 is 0 Å². The number of hydrogen-bond acceptors (Lipinski definition) is 3. The van der Waals surface area contributed by atoms with Crippen LogP contribution in [0.1, 0.15) is 52.3 Å². The summed E-state index contributed by atoms with van der Waals surface area (Å²) < 4.78 is 0. The van der Waals surface area contributed by atoms with Crippen molar-refractivity contribution >= 4 is 5.82 Å². The van der Waals surface area contributed by atoms with Crippen LogP contribution in [0.3, 0.4) is 0 Å². The molecule has 0 aliphatic carbocycles. The van der Waals surface area contributed by atoms with Gasteiger partial charge in [-0.15, -0.1) is 0 Å². The van der Waals surface area contributed by atoms with Crippen LogP contribution in [0, 0.1) is 0 Å². The number of aryl methyl sites for hydroxylation is 1. The Balaban J connectivity index is 2.90. The molecule has 0 amide bonds. The second-order valence-electron chi connectivity index (χ2n) is 5.76. The maximum Gasteiger partial charge on any atom is 0.126 e. The van der Waals surface area contributed by atoms with E-state index in [9.17, 15) is 0 Å². The van der Waals surface area contributed by atoms with Crippen LogP contribution in [0.5, 0.6) is 0 Å². The van der Waals surface area contributed by atoms with Crippen LogP contribution in [0.25, 0.3) is 0 Å². The Kier molecular flexibility index (Phi) is 5.60. The van der Waals surface area contributed by atoms with Crippen molar-refractivity contribution in [2.75, 3.05) is 11.9 Å². The summed E-state index contributed by atoms with van der Waals surface area (Å²) in [5.41, 5.74) is 2.54. The molecule has 2 N–H and O–H groups in total. The number of nitrogens with one attached hydrogen (secondary N) is 2. The van der Waals surface area contributed by atoms with Crippen LogP contribution < -0.4 is 10.6 Å². The van der Waals surface area contributed by atoms with E-state index < -0.39 is 0 Å². The van der Waals surface area contributed by atoms with E-state index in [2.05, 4.69) is 62.4 Å². The third-order valence-corrected chi connectivity index (χ3v) is 2.53. The van der Waals surface area contributed by atoms with Gasteiger partial charge >= 0.3 is 0 Å². The van der Waals surface area contributed by atoms with Crippen LogP contribution in [-0.2, 0) is 13.0 Å². The Morgan fingerprint density at radius 3 is 2.44 bits per heavy atom. The van der Waals surface area contributed by atoms with Gasteiger partial charge in [-0.25, -0.2) is 4.98 Å². The van der Waals surface area contributed by atoms with Gasteiger partial charge in [-0.05, 0) is 51.4 Å². The zero-order valence-corrected chi connectivity index (χ0v) is 12.4. The molecule has 0 saturated carbocycles.